The highest BCUT2D eigenvalue weighted by Crippen LogP contribution is 2.54. The van der Waals surface area contributed by atoms with Crippen LogP contribution in [0.4, 0.5) is 10.5 Å². The van der Waals surface area contributed by atoms with Gasteiger partial charge in [0.1, 0.15) is 0 Å². The number of benzene rings is 1. The summed E-state index contributed by atoms with van der Waals surface area (Å²) in [7, 11) is 0. The lowest BCUT2D eigenvalue weighted by atomic mass is 9.68. The summed E-state index contributed by atoms with van der Waals surface area (Å²) in [5, 5.41) is 19.1. The molecule has 1 heterocycles. The second kappa shape index (κ2) is 6.71. The first-order valence-electron chi connectivity index (χ1n) is 9.23. The molecule has 0 radical (unpaired) electrons. The van der Waals surface area contributed by atoms with E-state index in [2.05, 4.69) is 0 Å². The van der Waals surface area contributed by atoms with Gasteiger partial charge in [-0.1, -0.05) is 17.7 Å². The summed E-state index contributed by atoms with van der Waals surface area (Å²) in [4.78, 5) is 38.9. The Labute approximate surface area is 161 Å². The van der Waals surface area contributed by atoms with E-state index < -0.39 is 12.1 Å². The summed E-state index contributed by atoms with van der Waals surface area (Å²) in [5.74, 6) is -1.13. The fourth-order valence-corrected chi connectivity index (χ4v) is 4.63. The monoisotopic (exact) mass is 392 g/mol. The van der Waals surface area contributed by atoms with Crippen molar-refractivity contribution in [2.45, 2.75) is 56.7 Å². The van der Waals surface area contributed by atoms with Crippen LogP contribution >= 0.6 is 11.6 Å². The molecular weight excluding hydrogens is 372 g/mol. The zero-order valence-corrected chi connectivity index (χ0v) is 15.4. The lowest BCUT2D eigenvalue weighted by Gasteiger charge is -2.54. The smallest absolute Gasteiger partial charge is 0.412 e. The molecule has 0 spiro atoms. The molecule has 3 aliphatic rings. The van der Waals surface area contributed by atoms with E-state index in [4.69, 9.17) is 16.7 Å². The van der Waals surface area contributed by atoms with E-state index in [1.807, 2.05) is 11.0 Å². The highest BCUT2D eigenvalue weighted by molar-refractivity contribution is 6.31. The van der Waals surface area contributed by atoms with E-state index in [0.717, 1.165) is 31.2 Å². The Morgan fingerprint density at radius 1 is 1.11 bits per heavy atom. The summed E-state index contributed by atoms with van der Waals surface area (Å²) in [6.07, 6.45) is 2.15. The maximum atomic E-state index is 12.9. The molecule has 4 rings (SSSR count). The Hall–Kier alpha value is -2.28. The first kappa shape index (κ1) is 18.1. The van der Waals surface area contributed by atoms with Gasteiger partial charge < -0.3 is 15.1 Å². The zero-order valence-electron chi connectivity index (χ0n) is 14.7. The number of aliphatic carboxylic acids is 1. The number of rotatable bonds is 5. The van der Waals surface area contributed by atoms with Crippen molar-refractivity contribution in [2.24, 2.45) is 5.92 Å². The third kappa shape index (κ3) is 3.14. The molecule has 2 saturated carbocycles. The quantitative estimate of drug-likeness (QED) is 0.798. The Morgan fingerprint density at radius 3 is 2.41 bits per heavy atom. The van der Waals surface area contributed by atoms with Crippen molar-refractivity contribution in [2.75, 3.05) is 4.90 Å². The van der Waals surface area contributed by atoms with E-state index in [-0.39, 0.29) is 42.8 Å². The van der Waals surface area contributed by atoms with Crippen LogP contribution in [-0.4, -0.2) is 45.2 Å². The molecule has 2 fully saturated rings. The number of hydrogen-bond acceptors (Lipinski definition) is 3. The second-order valence-electron chi connectivity index (χ2n) is 7.54. The SMILES string of the molecule is O=C(O)CCC(=O)N(C1CC1)[C@H]1c2ccc(Cl)cc2N(C(=O)O)[C@H]2CC[C@H]21. The molecule has 27 heavy (non-hydrogen) atoms. The first-order chi connectivity index (χ1) is 12.9. The summed E-state index contributed by atoms with van der Waals surface area (Å²) >= 11 is 6.13. The molecule has 1 aromatic carbocycles. The molecule has 3 atom stereocenters. The maximum Gasteiger partial charge on any atom is 0.412 e. The van der Waals surface area contributed by atoms with Crippen LogP contribution in [-0.2, 0) is 9.59 Å². The summed E-state index contributed by atoms with van der Waals surface area (Å²) in [6.45, 7) is 0. The Balaban J connectivity index is 1.74. The van der Waals surface area contributed by atoms with Crippen molar-refractivity contribution in [3.05, 3.63) is 28.8 Å². The topological polar surface area (TPSA) is 98.2 Å². The molecule has 0 aromatic heterocycles. The van der Waals surface area contributed by atoms with Crippen LogP contribution in [0.5, 0.6) is 0 Å². The number of fused-ring (bicyclic) bond motifs is 2. The van der Waals surface area contributed by atoms with Crippen molar-refractivity contribution in [3.63, 3.8) is 0 Å². The minimum atomic E-state index is -1.01. The molecule has 0 unspecified atom stereocenters. The molecular formula is C19H21ClN2O5. The molecule has 8 heteroatoms. The lowest BCUT2D eigenvalue weighted by molar-refractivity contribution is -0.143. The number of carboxylic acid groups (broad SMARTS) is 2. The molecule has 0 bridgehead atoms. The van der Waals surface area contributed by atoms with Crippen molar-refractivity contribution in [1.82, 2.24) is 4.90 Å². The molecule has 7 nitrogen and oxygen atoms in total. The predicted molar refractivity (Wildman–Crippen MR) is 97.9 cm³/mol. The van der Waals surface area contributed by atoms with Crippen LogP contribution < -0.4 is 4.90 Å². The number of carbonyl (C=O) groups is 3. The highest BCUT2D eigenvalue weighted by atomic mass is 35.5. The average molecular weight is 393 g/mol. The third-order valence-electron chi connectivity index (χ3n) is 5.88. The van der Waals surface area contributed by atoms with Gasteiger partial charge in [-0.05, 0) is 43.4 Å². The van der Waals surface area contributed by atoms with Crippen molar-refractivity contribution >= 4 is 35.3 Å². The van der Waals surface area contributed by atoms with Gasteiger partial charge in [0.2, 0.25) is 5.91 Å². The van der Waals surface area contributed by atoms with Gasteiger partial charge in [0.05, 0.1) is 18.2 Å². The van der Waals surface area contributed by atoms with Gasteiger partial charge in [-0.15, -0.1) is 0 Å². The van der Waals surface area contributed by atoms with Gasteiger partial charge in [-0.2, -0.15) is 0 Å². The Morgan fingerprint density at radius 2 is 1.85 bits per heavy atom. The van der Waals surface area contributed by atoms with Crippen LogP contribution in [0, 0.1) is 5.92 Å². The summed E-state index contributed by atoms with van der Waals surface area (Å²) < 4.78 is 0. The van der Waals surface area contributed by atoms with Gasteiger partial charge in [0.15, 0.2) is 0 Å². The summed E-state index contributed by atoms with van der Waals surface area (Å²) in [6, 6.07) is 4.90. The minimum absolute atomic E-state index is 0.0316. The number of nitrogens with zero attached hydrogens (tertiary/aromatic N) is 2. The molecule has 1 aliphatic heterocycles. The van der Waals surface area contributed by atoms with Crippen molar-refractivity contribution in [1.29, 1.82) is 0 Å². The summed E-state index contributed by atoms with van der Waals surface area (Å²) in [5.41, 5.74) is 1.33. The molecule has 1 aromatic rings. The second-order valence-corrected chi connectivity index (χ2v) is 7.97. The van der Waals surface area contributed by atoms with Crippen LogP contribution in [0.15, 0.2) is 18.2 Å². The first-order valence-corrected chi connectivity index (χ1v) is 9.61. The maximum absolute atomic E-state index is 12.9. The van der Waals surface area contributed by atoms with Crippen molar-refractivity contribution < 1.29 is 24.6 Å². The molecule has 2 N–H and O–H groups in total. The average Bonchev–Trinajstić information content (AvgIpc) is 3.39. The lowest BCUT2D eigenvalue weighted by Crippen LogP contribution is -2.59. The van der Waals surface area contributed by atoms with Crippen LogP contribution in [0.1, 0.15) is 50.1 Å². The standard InChI is InChI=1S/C19H21ClN2O5/c20-10-1-4-13-15(9-10)22(19(26)27)14-6-5-12(14)18(13)21(11-2-3-11)16(23)7-8-17(24)25/h1,4,9,11-12,14,18H,2-3,5-8H2,(H,24,25)(H,26,27)/t12-,14+,18-/m1/s1. The van der Waals surface area contributed by atoms with Crippen LogP contribution in [0.25, 0.3) is 0 Å². The molecule has 2 aliphatic carbocycles. The van der Waals surface area contributed by atoms with Gasteiger partial charge in [0, 0.05) is 29.4 Å². The van der Waals surface area contributed by atoms with Gasteiger partial charge in [-0.3, -0.25) is 14.5 Å². The third-order valence-corrected chi connectivity index (χ3v) is 6.12. The molecule has 144 valence electrons. The predicted octanol–water partition coefficient (Wildman–Crippen LogP) is 3.51. The molecule has 0 saturated heterocycles. The van der Waals surface area contributed by atoms with Gasteiger partial charge in [-0.25, -0.2) is 4.79 Å². The fourth-order valence-electron chi connectivity index (χ4n) is 4.46. The Bertz CT molecular complexity index is 809. The van der Waals surface area contributed by atoms with E-state index in [1.165, 1.54) is 4.90 Å². The van der Waals surface area contributed by atoms with E-state index in [9.17, 15) is 19.5 Å². The number of halogens is 1. The van der Waals surface area contributed by atoms with Crippen LogP contribution in [0.3, 0.4) is 0 Å². The van der Waals surface area contributed by atoms with E-state index in [0.29, 0.717) is 10.7 Å². The normalized spacial score (nSPS) is 25.8. The van der Waals surface area contributed by atoms with Crippen LogP contribution in [0.2, 0.25) is 5.02 Å². The number of anilines is 1. The number of carboxylic acids is 1. The largest absolute Gasteiger partial charge is 0.481 e. The number of hydrogen-bond donors (Lipinski definition) is 2. The minimum Gasteiger partial charge on any atom is -0.481 e. The number of amides is 2. The number of carbonyl (C=O) groups excluding carboxylic acids is 1. The Kier molecular flexibility index (Phi) is 4.50. The van der Waals surface area contributed by atoms with Gasteiger partial charge in [0.25, 0.3) is 0 Å². The van der Waals surface area contributed by atoms with Gasteiger partial charge >= 0.3 is 12.1 Å². The van der Waals surface area contributed by atoms with E-state index >= 15 is 0 Å². The van der Waals surface area contributed by atoms with Crippen molar-refractivity contribution in [3.8, 4) is 0 Å². The highest BCUT2D eigenvalue weighted by Gasteiger charge is 2.53. The van der Waals surface area contributed by atoms with E-state index in [1.54, 1.807) is 12.1 Å². The fraction of sp³-hybridized carbons (Fsp3) is 0.526. The zero-order chi connectivity index (χ0) is 19.3. The molecule has 2 amide bonds.